The van der Waals surface area contributed by atoms with Crippen LogP contribution in [0.5, 0.6) is 11.6 Å². The molecular formula is C19H15ClN4O3. The molecule has 0 radical (unpaired) electrons. The van der Waals surface area contributed by atoms with Crippen molar-refractivity contribution in [2.45, 2.75) is 0 Å². The predicted octanol–water partition coefficient (Wildman–Crippen LogP) is 3.27. The standard InChI is InChI=1S/C19H15ClN4O3/c20-13-3-1-4-15(11-13)27-17-16(5-2-10-23-17)19(26)24(22)18(25)12-6-8-14(21)9-7-12/h1-11H,21-22H2. The van der Waals surface area contributed by atoms with Crippen LogP contribution in [0.15, 0.2) is 66.9 Å². The number of hydrogen-bond acceptors (Lipinski definition) is 6. The zero-order valence-corrected chi connectivity index (χ0v) is 14.8. The van der Waals surface area contributed by atoms with Crippen molar-refractivity contribution in [3.05, 3.63) is 83.0 Å². The van der Waals surface area contributed by atoms with E-state index in [1.165, 1.54) is 24.4 Å². The van der Waals surface area contributed by atoms with Gasteiger partial charge in [0.25, 0.3) is 11.8 Å². The maximum Gasteiger partial charge on any atom is 0.280 e. The number of anilines is 1. The second-order valence-corrected chi connectivity index (χ2v) is 5.95. The Labute approximate surface area is 160 Å². The molecule has 0 aliphatic carbocycles. The van der Waals surface area contributed by atoms with Gasteiger partial charge in [-0.25, -0.2) is 15.8 Å². The van der Waals surface area contributed by atoms with Crippen molar-refractivity contribution in [2.75, 3.05) is 5.73 Å². The molecule has 0 bridgehead atoms. The maximum atomic E-state index is 12.7. The maximum absolute atomic E-state index is 12.7. The number of nitrogens with two attached hydrogens (primary N) is 2. The highest BCUT2D eigenvalue weighted by molar-refractivity contribution is 6.30. The molecule has 0 saturated heterocycles. The van der Waals surface area contributed by atoms with E-state index < -0.39 is 11.8 Å². The Morgan fingerprint density at radius 3 is 2.44 bits per heavy atom. The summed E-state index contributed by atoms with van der Waals surface area (Å²) in [6.45, 7) is 0. The van der Waals surface area contributed by atoms with E-state index in [4.69, 9.17) is 27.9 Å². The van der Waals surface area contributed by atoms with Gasteiger partial charge in [-0.2, -0.15) is 0 Å². The topological polar surface area (TPSA) is 112 Å². The molecule has 0 aliphatic heterocycles. The Bertz CT molecular complexity index is 992. The van der Waals surface area contributed by atoms with E-state index in [1.54, 1.807) is 42.5 Å². The van der Waals surface area contributed by atoms with Gasteiger partial charge < -0.3 is 10.5 Å². The number of carbonyl (C=O) groups excluding carboxylic acids is 2. The highest BCUT2D eigenvalue weighted by Crippen LogP contribution is 2.26. The smallest absolute Gasteiger partial charge is 0.280 e. The highest BCUT2D eigenvalue weighted by atomic mass is 35.5. The summed E-state index contributed by atoms with van der Waals surface area (Å²) in [7, 11) is 0. The Hall–Kier alpha value is -3.42. The Morgan fingerprint density at radius 1 is 1.00 bits per heavy atom. The summed E-state index contributed by atoms with van der Waals surface area (Å²) in [6, 6.07) is 15.7. The number of pyridine rings is 1. The zero-order valence-electron chi connectivity index (χ0n) is 14.0. The van der Waals surface area contributed by atoms with Gasteiger partial charge in [-0.05, 0) is 54.6 Å². The van der Waals surface area contributed by atoms with Gasteiger partial charge in [0.2, 0.25) is 5.88 Å². The lowest BCUT2D eigenvalue weighted by molar-refractivity contribution is 0.0614. The third-order valence-electron chi connectivity index (χ3n) is 3.61. The third kappa shape index (κ3) is 4.22. The van der Waals surface area contributed by atoms with E-state index in [9.17, 15) is 9.59 Å². The number of hydrazine groups is 1. The van der Waals surface area contributed by atoms with Crippen molar-refractivity contribution in [2.24, 2.45) is 5.84 Å². The monoisotopic (exact) mass is 382 g/mol. The van der Waals surface area contributed by atoms with Crippen LogP contribution < -0.4 is 16.3 Å². The van der Waals surface area contributed by atoms with Gasteiger partial charge in [-0.1, -0.05) is 17.7 Å². The highest BCUT2D eigenvalue weighted by Gasteiger charge is 2.24. The molecule has 0 spiro atoms. The number of nitrogen functional groups attached to an aromatic ring is 1. The summed E-state index contributed by atoms with van der Waals surface area (Å²) in [6.07, 6.45) is 1.46. The normalized spacial score (nSPS) is 10.3. The molecule has 0 saturated carbocycles. The molecule has 0 atom stereocenters. The van der Waals surface area contributed by atoms with E-state index in [-0.39, 0.29) is 17.0 Å². The number of imide groups is 1. The second kappa shape index (κ2) is 7.86. The SMILES string of the molecule is Nc1ccc(C(=O)N(N)C(=O)c2cccnc2Oc2cccc(Cl)c2)cc1. The van der Waals surface area contributed by atoms with Crippen LogP contribution in [-0.4, -0.2) is 21.8 Å². The molecule has 4 N–H and O–H groups in total. The number of ether oxygens (including phenoxy) is 1. The number of benzene rings is 2. The summed E-state index contributed by atoms with van der Waals surface area (Å²) < 4.78 is 5.64. The van der Waals surface area contributed by atoms with Crippen molar-refractivity contribution in [3.8, 4) is 11.6 Å². The van der Waals surface area contributed by atoms with E-state index in [0.717, 1.165) is 0 Å². The minimum Gasteiger partial charge on any atom is -0.438 e. The first kappa shape index (κ1) is 18.4. The first-order valence-corrected chi connectivity index (χ1v) is 8.21. The molecule has 3 rings (SSSR count). The average Bonchev–Trinajstić information content (AvgIpc) is 2.67. The Balaban J connectivity index is 1.86. The minimum absolute atomic E-state index is 0.00493. The number of carbonyl (C=O) groups is 2. The molecular weight excluding hydrogens is 368 g/mol. The fraction of sp³-hybridized carbons (Fsp3) is 0. The molecule has 8 heteroatoms. The van der Waals surface area contributed by atoms with E-state index in [0.29, 0.717) is 21.5 Å². The van der Waals surface area contributed by atoms with Crippen LogP contribution in [0.3, 0.4) is 0 Å². The van der Waals surface area contributed by atoms with Gasteiger partial charge >= 0.3 is 0 Å². The molecule has 27 heavy (non-hydrogen) atoms. The number of nitrogens with zero attached hydrogens (tertiary/aromatic N) is 2. The summed E-state index contributed by atoms with van der Waals surface area (Å²) in [5.74, 6) is 4.70. The van der Waals surface area contributed by atoms with Crippen LogP contribution in [0.4, 0.5) is 5.69 Å². The fourth-order valence-corrected chi connectivity index (χ4v) is 2.44. The van der Waals surface area contributed by atoms with Crippen molar-refractivity contribution in [1.29, 1.82) is 0 Å². The lowest BCUT2D eigenvalue weighted by atomic mass is 10.1. The minimum atomic E-state index is -0.762. The summed E-state index contributed by atoms with van der Waals surface area (Å²) >= 11 is 5.94. The zero-order chi connectivity index (χ0) is 19.4. The van der Waals surface area contributed by atoms with Crippen LogP contribution in [0.25, 0.3) is 0 Å². The number of halogens is 1. The number of amides is 2. The van der Waals surface area contributed by atoms with Gasteiger partial charge in [0.05, 0.1) is 0 Å². The van der Waals surface area contributed by atoms with Crippen LogP contribution in [0.2, 0.25) is 5.02 Å². The first-order chi connectivity index (χ1) is 13.0. The average molecular weight is 383 g/mol. The van der Waals surface area contributed by atoms with Gasteiger partial charge in [0.1, 0.15) is 11.3 Å². The van der Waals surface area contributed by atoms with E-state index in [2.05, 4.69) is 4.98 Å². The number of hydrogen-bond donors (Lipinski definition) is 2. The Kier molecular flexibility index (Phi) is 5.35. The fourth-order valence-electron chi connectivity index (χ4n) is 2.26. The largest absolute Gasteiger partial charge is 0.438 e. The number of rotatable bonds is 4. The molecule has 0 fully saturated rings. The second-order valence-electron chi connectivity index (χ2n) is 5.52. The van der Waals surface area contributed by atoms with Gasteiger partial charge in [0, 0.05) is 22.5 Å². The molecule has 136 valence electrons. The number of aromatic nitrogens is 1. The van der Waals surface area contributed by atoms with Gasteiger partial charge in [0.15, 0.2) is 0 Å². The molecule has 0 aliphatic rings. The summed E-state index contributed by atoms with van der Waals surface area (Å²) in [4.78, 5) is 29.2. The lowest BCUT2D eigenvalue weighted by Crippen LogP contribution is -2.42. The van der Waals surface area contributed by atoms with Crippen LogP contribution >= 0.6 is 11.6 Å². The first-order valence-electron chi connectivity index (χ1n) is 7.83. The van der Waals surface area contributed by atoms with Crippen LogP contribution in [0, 0.1) is 0 Å². The van der Waals surface area contributed by atoms with Crippen LogP contribution in [0.1, 0.15) is 20.7 Å². The summed E-state index contributed by atoms with van der Waals surface area (Å²) in [5.41, 5.74) is 6.35. The molecule has 7 nitrogen and oxygen atoms in total. The van der Waals surface area contributed by atoms with Crippen molar-refractivity contribution < 1.29 is 14.3 Å². The summed E-state index contributed by atoms with van der Waals surface area (Å²) in [5, 5.41) is 0.975. The quantitative estimate of drug-likeness (QED) is 0.235. The van der Waals surface area contributed by atoms with E-state index >= 15 is 0 Å². The third-order valence-corrected chi connectivity index (χ3v) is 3.84. The molecule has 2 amide bonds. The molecule has 1 heterocycles. The van der Waals surface area contributed by atoms with Crippen LogP contribution in [-0.2, 0) is 0 Å². The van der Waals surface area contributed by atoms with Gasteiger partial charge in [-0.3, -0.25) is 9.59 Å². The molecule has 1 aromatic heterocycles. The molecule has 3 aromatic rings. The lowest BCUT2D eigenvalue weighted by Gasteiger charge is -2.16. The Morgan fingerprint density at radius 2 is 1.74 bits per heavy atom. The molecule has 2 aromatic carbocycles. The molecule has 0 unspecified atom stereocenters. The predicted molar refractivity (Wildman–Crippen MR) is 101 cm³/mol. The van der Waals surface area contributed by atoms with Gasteiger partial charge in [-0.15, -0.1) is 0 Å². The van der Waals surface area contributed by atoms with E-state index in [1.807, 2.05) is 0 Å². The van der Waals surface area contributed by atoms with Crippen molar-refractivity contribution >= 4 is 29.1 Å². The van der Waals surface area contributed by atoms with Crippen molar-refractivity contribution in [3.63, 3.8) is 0 Å². The van der Waals surface area contributed by atoms with Crippen molar-refractivity contribution in [1.82, 2.24) is 9.99 Å².